The van der Waals surface area contributed by atoms with Crippen molar-refractivity contribution >= 4 is 29.2 Å². The van der Waals surface area contributed by atoms with Gasteiger partial charge in [-0.1, -0.05) is 11.8 Å². The number of hydrogen-bond acceptors (Lipinski definition) is 6. The summed E-state index contributed by atoms with van der Waals surface area (Å²) in [5, 5.41) is 2.65. The molecular formula is C15H18N4O3S. The van der Waals surface area contributed by atoms with Crippen molar-refractivity contribution in [1.82, 2.24) is 9.97 Å². The van der Waals surface area contributed by atoms with Crippen LogP contribution in [-0.2, 0) is 4.79 Å². The number of benzene rings is 1. The van der Waals surface area contributed by atoms with E-state index < -0.39 is 5.25 Å². The van der Waals surface area contributed by atoms with Gasteiger partial charge in [-0.25, -0.2) is 4.98 Å². The van der Waals surface area contributed by atoms with E-state index in [2.05, 4.69) is 15.3 Å². The highest BCUT2D eigenvalue weighted by molar-refractivity contribution is 8.00. The zero-order valence-corrected chi connectivity index (χ0v) is 13.6. The number of carbonyl (C=O) groups is 1. The van der Waals surface area contributed by atoms with E-state index in [1.165, 1.54) is 6.07 Å². The van der Waals surface area contributed by atoms with Gasteiger partial charge in [0.05, 0.1) is 11.9 Å². The zero-order valence-electron chi connectivity index (χ0n) is 12.8. The molecule has 1 aromatic heterocycles. The topological polar surface area (TPSA) is 110 Å². The van der Waals surface area contributed by atoms with Crippen LogP contribution in [0.1, 0.15) is 13.8 Å². The Labute approximate surface area is 137 Å². The number of aromatic nitrogens is 2. The van der Waals surface area contributed by atoms with E-state index in [1.54, 1.807) is 31.2 Å². The molecule has 1 heterocycles. The lowest BCUT2D eigenvalue weighted by atomic mass is 10.3. The monoisotopic (exact) mass is 334 g/mol. The van der Waals surface area contributed by atoms with Crippen LogP contribution in [0.5, 0.6) is 5.75 Å². The minimum Gasteiger partial charge on any atom is -0.494 e. The number of H-pyrrole nitrogens is 1. The van der Waals surface area contributed by atoms with Crippen molar-refractivity contribution in [3.05, 3.63) is 40.7 Å². The van der Waals surface area contributed by atoms with Crippen LogP contribution >= 0.6 is 11.8 Å². The Bertz CT molecular complexity index is 730. The highest BCUT2D eigenvalue weighted by Crippen LogP contribution is 2.21. The number of nitrogens with zero attached hydrogens (tertiary/aromatic N) is 1. The first-order valence-electron chi connectivity index (χ1n) is 7.05. The number of hydrogen-bond donors (Lipinski definition) is 3. The van der Waals surface area contributed by atoms with Crippen LogP contribution in [0.15, 0.2) is 40.3 Å². The third kappa shape index (κ3) is 5.03. The third-order valence-corrected chi connectivity index (χ3v) is 3.81. The summed E-state index contributed by atoms with van der Waals surface area (Å²) in [5.74, 6) is 0.661. The number of anilines is 2. The standard InChI is InChI=1S/C15H18N4O3S/c1-3-22-11-6-4-10(5-7-11)17-14(21)9(2)23-15-18-12(16)8-13(20)19-15/h4-9H,3H2,1-2H3,(H,17,21)(H3,16,18,19,20)/t9-/m0/s1. The van der Waals surface area contributed by atoms with Gasteiger partial charge in [-0.05, 0) is 38.1 Å². The Morgan fingerprint density at radius 2 is 2.13 bits per heavy atom. The molecule has 2 aromatic rings. The molecule has 0 aliphatic heterocycles. The van der Waals surface area contributed by atoms with Gasteiger partial charge in [-0.2, -0.15) is 0 Å². The third-order valence-electron chi connectivity index (χ3n) is 2.83. The molecule has 0 unspecified atom stereocenters. The number of nitrogen functional groups attached to an aromatic ring is 1. The van der Waals surface area contributed by atoms with Crippen LogP contribution in [0.3, 0.4) is 0 Å². The Kier molecular flexibility index (Phi) is 5.64. The van der Waals surface area contributed by atoms with Crippen LogP contribution < -0.4 is 21.3 Å². The second-order valence-electron chi connectivity index (χ2n) is 4.68. The van der Waals surface area contributed by atoms with Gasteiger partial charge in [0, 0.05) is 11.8 Å². The SMILES string of the molecule is CCOc1ccc(NC(=O)[C@H](C)Sc2nc(N)cc(=O)[nH]2)cc1. The summed E-state index contributed by atoms with van der Waals surface area (Å²) in [4.78, 5) is 30.0. The number of nitrogens with one attached hydrogen (secondary N) is 2. The maximum atomic E-state index is 12.2. The van der Waals surface area contributed by atoms with Crippen molar-refractivity contribution in [2.75, 3.05) is 17.7 Å². The molecule has 1 aromatic carbocycles. The lowest BCUT2D eigenvalue weighted by Gasteiger charge is -2.12. The summed E-state index contributed by atoms with van der Waals surface area (Å²) in [6, 6.07) is 8.29. The fourth-order valence-electron chi connectivity index (χ4n) is 1.78. The van der Waals surface area contributed by atoms with Crippen molar-refractivity contribution in [1.29, 1.82) is 0 Å². The maximum Gasteiger partial charge on any atom is 0.253 e. The first-order chi connectivity index (χ1) is 11.0. The second-order valence-corrected chi connectivity index (χ2v) is 6.01. The molecule has 4 N–H and O–H groups in total. The minimum atomic E-state index is -0.452. The van der Waals surface area contributed by atoms with Gasteiger partial charge < -0.3 is 20.8 Å². The van der Waals surface area contributed by atoms with Crippen molar-refractivity contribution in [2.24, 2.45) is 0 Å². The van der Waals surface area contributed by atoms with Crippen LogP contribution in [-0.4, -0.2) is 27.7 Å². The molecular weight excluding hydrogens is 316 g/mol. The molecule has 7 nitrogen and oxygen atoms in total. The molecule has 0 bridgehead atoms. The number of rotatable bonds is 6. The van der Waals surface area contributed by atoms with E-state index in [4.69, 9.17) is 10.5 Å². The summed E-state index contributed by atoms with van der Waals surface area (Å²) in [7, 11) is 0. The molecule has 0 saturated heterocycles. The van der Waals surface area contributed by atoms with Gasteiger partial charge in [-0.3, -0.25) is 9.59 Å². The van der Waals surface area contributed by atoms with Gasteiger partial charge >= 0.3 is 0 Å². The maximum absolute atomic E-state index is 12.2. The molecule has 122 valence electrons. The average molecular weight is 334 g/mol. The number of ether oxygens (including phenoxy) is 1. The first-order valence-corrected chi connectivity index (χ1v) is 7.93. The van der Waals surface area contributed by atoms with Gasteiger partial charge in [0.25, 0.3) is 5.56 Å². The van der Waals surface area contributed by atoms with Crippen LogP contribution in [0, 0.1) is 0 Å². The molecule has 0 fully saturated rings. The predicted molar refractivity (Wildman–Crippen MR) is 90.8 cm³/mol. The van der Waals surface area contributed by atoms with E-state index in [1.807, 2.05) is 6.92 Å². The number of aromatic amines is 1. The Morgan fingerprint density at radius 1 is 1.43 bits per heavy atom. The van der Waals surface area contributed by atoms with E-state index >= 15 is 0 Å². The quantitative estimate of drug-likeness (QED) is 0.549. The fraction of sp³-hybridized carbons (Fsp3) is 0.267. The molecule has 1 atom stereocenters. The fourth-order valence-corrected chi connectivity index (χ4v) is 2.59. The number of carbonyl (C=O) groups excluding carboxylic acids is 1. The van der Waals surface area contributed by atoms with Crippen LogP contribution in [0.25, 0.3) is 0 Å². The van der Waals surface area contributed by atoms with Crippen molar-refractivity contribution in [2.45, 2.75) is 24.3 Å². The van der Waals surface area contributed by atoms with Gasteiger partial charge in [0.1, 0.15) is 11.6 Å². The van der Waals surface area contributed by atoms with Crippen molar-refractivity contribution in [3.8, 4) is 5.75 Å². The Hall–Kier alpha value is -2.48. The van der Waals surface area contributed by atoms with Crippen molar-refractivity contribution < 1.29 is 9.53 Å². The smallest absolute Gasteiger partial charge is 0.253 e. The molecule has 0 radical (unpaired) electrons. The van der Waals surface area contributed by atoms with Crippen LogP contribution in [0.4, 0.5) is 11.5 Å². The highest BCUT2D eigenvalue weighted by atomic mass is 32.2. The molecule has 0 saturated carbocycles. The molecule has 0 aliphatic carbocycles. The van der Waals surface area contributed by atoms with Crippen molar-refractivity contribution in [3.63, 3.8) is 0 Å². The van der Waals surface area contributed by atoms with E-state index in [0.717, 1.165) is 17.5 Å². The summed E-state index contributed by atoms with van der Waals surface area (Å²) < 4.78 is 5.34. The molecule has 0 spiro atoms. The predicted octanol–water partition coefficient (Wildman–Crippen LogP) is 1.87. The first kappa shape index (κ1) is 16.9. The number of thioether (sulfide) groups is 1. The second kappa shape index (κ2) is 7.68. The largest absolute Gasteiger partial charge is 0.494 e. The van der Waals surface area contributed by atoms with E-state index in [-0.39, 0.29) is 17.3 Å². The van der Waals surface area contributed by atoms with Gasteiger partial charge in [0.2, 0.25) is 5.91 Å². The molecule has 2 rings (SSSR count). The Balaban J connectivity index is 1.97. The van der Waals surface area contributed by atoms with E-state index in [0.29, 0.717) is 17.5 Å². The average Bonchev–Trinajstić information content (AvgIpc) is 2.48. The summed E-state index contributed by atoms with van der Waals surface area (Å²) >= 11 is 1.13. The molecule has 0 aliphatic rings. The minimum absolute atomic E-state index is 0.121. The summed E-state index contributed by atoms with van der Waals surface area (Å²) in [6.07, 6.45) is 0. The summed E-state index contributed by atoms with van der Waals surface area (Å²) in [5.41, 5.74) is 5.84. The molecule has 8 heteroatoms. The number of amides is 1. The molecule has 23 heavy (non-hydrogen) atoms. The number of nitrogens with two attached hydrogens (primary N) is 1. The van der Waals surface area contributed by atoms with Gasteiger partial charge in [-0.15, -0.1) is 0 Å². The highest BCUT2D eigenvalue weighted by Gasteiger charge is 2.16. The van der Waals surface area contributed by atoms with Gasteiger partial charge in [0.15, 0.2) is 5.16 Å². The lowest BCUT2D eigenvalue weighted by molar-refractivity contribution is -0.115. The lowest BCUT2D eigenvalue weighted by Crippen LogP contribution is -2.23. The zero-order chi connectivity index (χ0) is 16.8. The summed E-state index contributed by atoms with van der Waals surface area (Å²) in [6.45, 7) is 4.21. The van der Waals surface area contributed by atoms with E-state index in [9.17, 15) is 9.59 Å². The normalized spacial score (nSPS) is 11.7. The molecule has 1 amide bonds. The van der Waals surface area contributed by atoms with Crippen LogP contribution in [0.2, 0.25) is 0 Å². The Morgan fingerprint density at radius 3 is 2.74 bits per heavy atom.